The van der Waals surface area contributed by atoms with E-state index < -0.39 is 5.66 Å². The van der Waals surface area contributed by atoms with Crippen molar-refractivity contribution in [2.45, 2.75) is 18.6 Å². The number of hydrogen-bond donors (Lipinski definition) is 1. The molecule has 1 N–H and O–H groups in total. The van der Waals surface area contributed by atoms with E-state index in [0.29, 0.717) is 17.1 Å². The number of nitrogens with zero attached hydrogens (tertiary/aromatic N) is 2. The number of rotatable bonds is 7. The Morgan fingerprint density at radius 1 is 1.03 bits per heavy atom. The molecule has 4 aromatic rings. The minimum Gasteiger partial charge on any atom is -0.457 e. The minimum atomic E-state index is -2.99. The highest BCUT2D eigenvalue weighted by molar-refractivity contribution is 7.17. The summed E-state index contributed by atoms with van der Waals surface area (Å²) >= 11 is 0. The summed E-state index contributed by atoms with van der Waals surface area (Å²) in [5.74, 6) is 1.62. The summed E-state index contributed by atoms with van der Waals surface area (Å²) < 4.78 is 32.8. The number of pyridine rings is 1. The van der Waals surface area contributed by atoms with Gasteiger partial charge in [0.05, 0.1) is 11.7 Å². The van der Waals surface area contributed by atoms with Crippen molar-refractivity contribution < 1.29 is 18.3 Å². The van der Waals surface area contributed by atoms with Crippen LogP contribution in [0.5, 0.6) is 11.5 Å². The Labute approximate surface area is 205 Å². The SMILES string of the molecule is CC(NC(=O)c1ccc2c(Oc3ccc(C(F)(F)P)cc3)cccc2c1)c1cccc(N(C)C)n1. The number of halogens is 2. The van der Waals surface area contributed by atoms with Gasteiger partial charge in [-0.2, -0.15) is 8.78 Å². The third kappa shape index (κ3) is 5.75. The second kappa shape index (κ2) is 9.96. The maximum absolute atomic E-state index is 13.4. The topological polar surface area (TPSA) is 54.5 Å². The third-order valence-corrected chi connectivity index (χ3v) is 5.91. The van der Waals surface area contributed by atoms with Gasteiger partial charge < -0.3 is 15.0 Å². The molecule has 8 heteroatoms. The van der Waals surface area contributed by atoms with Gasteiger partial charge in [0.25, 0.3) is 11.6 Å². The predicted molar refractivity (Wildman–Crippen MR) is 139 cm³/mol. The highest BCUT2D eigenvalue weighted by atomic mass is 31.0. The Kier molecular flexibility index (Phi) is 6.99. The maximum Gasteiger partial charge on any atom is 0.283 e. The molecule has 4 rings (SSSR count). The number of anilines is 1. The molecule has 0 saturated heterocycles. The van der Waals surface area contributed by atoms with Gasteiger partial charge >= 0.3 is 0 Å². The quantitative estimate of drug-likeness (QED) is 0.298. The standard InChI is InChI=1S/C27H26F2N3O2P/c1-17(23-7-5-9-25(31-23)32(2)3)30-26(33)19-10-15-22-18(16-19)6-4-8-24(22)34-21-13-11-20(12-14-21)27(28,29)35/h4-17H,35H2,1-3H3,(H,30,33). The molecule has 35 heavy (non-hydrogen) atoms. The second-order valence-corrected chi connectivity index (χ2v) is 9.18. The Bertz CT molecular complexity index is 1350. The van der Waals surface area contributed by atoms with E-state index in [4.69, 9.17) is 4.74 Å². The largest absolute Gasteiger partial charge is 0.457 e. The average Bonchev–Trinajstić information content (AvgIpc) is 2.83. The zero-order chi connectivity index (χ0) is 25.2. The molecule has 2 atom stereocenters. The van der Waals surface area contributed by atoms with E-state index in [1.807, 2.05) is 62.3 Å². The molecule has 0 bridgehead atoms. The number of aromatic nitrogens is 1. The summed E-state index contributed by atoms with van der Waals surface area (Å²) in [6, 6.07) is 22.0. The van der Waals surface area contributed by atoms with Crippen molar-refractivity contribution in [1.29, 1.82) is 0 Å². The smallest absolute Gasteiger partial charge is 0.283 e. The number of carbonyl (C=O) groups is 1. The number of hydrogen-bond acceptors (Lipinski definition) is 4. The van der Waals surface area contributed by atoms with Crippen LogP contribution >= 0.6 is 9.24 Å². The molecule has 1 amide bonds. The minimum absolute atomic E-state index is 0.110. The summed E-state index contributed by atoms with van der Waals surface area (Å²) in [6.45, 7) is 1.89. The Morgan fingerprint density at radius 3 is 2.43 bits per heavy atom. The monoisotopic (exact) mass is 493 g/mol. The van der Waals surface area contributed by atoms with Crippen molar-refractivity contribution in [2.75, 3.05) is 19.0 Å². The van der Waals surface area contributed by atoms with E-state index in [9.17, 15) is 13.6 Å². The van der Waals surface area contributed by atoms with Gasteiger partial charge in [-0.1, -0.05) is 27.4 Å². The Hall–Kier alpha value is -3.57. The van der Waals surface area contributed by atoms with E-state index in [1.54, 1.807) is 18.2 Å². The molecular weight excluding hydrogens is 467 g/mol. The summed E-state index contributed by atoms with van der Waals surface area (Å²) in [4.78, 5) is 19.4. The molecule has 0 spiro atoms. The molecule has 0 aliphatic rings. The van der Waals surface area contributed by atoms with Crippen LogP contribution in [0, 0.1) is 0 Å². The van der Waals surface area contributed by atoms with Crippen LogP contribution in [0.3, 0.4) is 0 Å². The van der Waals surface area contributed by atoms with Crippen LogP contribution in [0.25, 0.3) is 10.8 Å². The van der Waals surface area contributed by atoms with E-state index in [1.165, 1.54) is 33.5 Å². The zero-order valence-corrected chi connectivity index (χ0v) is 20.8. The summed E-state index contributed by atoms with van der Waals surface area (Å²) in [7, 11) is 5.36. The zero-order valence-electron chi connectivity index (χ0n) is 19.6. The van der Waals surface area contributed by atoms with E-state index in [0.717, 1.165) is 22.3 Å². The molecule has 0 aliphatic heterocycles. The molecule has 2 unspecified atom stereocenters. The van der Waals surface area contributed by atoms with Crippen molar-refractivity contribution in [2.24, 2.45) is 0 Å². The molecule has 0 saturated carbocycles. The first-order chi connectivity index (χ1) is 16.6. The van der Waals surface area contributed by atoms with Crippen LogP contribution in [0.2, 0.25) is 0 Å². The number of alkyl halides is 2. The van der Waals surface area contributed by atoms with Crippen molar-refractivity contribution in [3.63, 3.8) is 0 Å². The van der Waals surface area contributed by atoms with Gasteiger partial charge in [-0.25, -0.2) is 4.98 Å². The van der Waals surface area contributed by atoms with Gasteiger partial charge in [0.2, 0.25) is 0 Å². The summed E-state index contributed by atoms with van der Waals surface area (Å²) in [6.07, 6.45) is 0. The average molecular weight is 493 g/mol. The van der Waals surface area contributed by atoms with Gasteiger partial charge in [-0.15, -0.1) is 0 Å². The molecule has 5 nitrogen and oxygen atoms in total. The first kappa shape index (κ1) is 24.6. The first-order valence-electron chi connectivity index (χ1n) is 11.0. The third-order valence-electron chi connectivity index (χ3n) is 5.57. The molecule has 1 heterocycles. The number of amides is 1. The normalized spacial score (nSPS) is 12.3. The van der Waals surface area contributed by atoms with Gasteiger partial charge in [0.1, 0.15) is 17.3 Å². The van der Waals surface area contributed by atoms with Crippen molar-refractivity contribution in [1.82, 2.24) is 10.3 Å². The Morgan fingerprint density at radius 2 is 1.74 bits per heavy atom. The van der Waals surface area contributed by atoms with E-state index in [-0.39, 0.29) is 17.5 Å². The molecule has 180 valence electrons. The number of benzene rings is 3. The molecule has 3 aromatic carbocycles. The molecule has 0 radical (unpaired) electrons. The van der Waals surface area contributed by atoms with Crippen molar-refractivity contribution >= 4 is 31.7 Å². The predicted octanol–water partition coefficient (Wildman–Crippen LogP) is 6.51. The fourth-order valence-corrected chi connectivity index (χ4v) is 3.83. The van der Waals surface area contributed by atoms with Gasteiger partial charge in [-0.05, 0) is 73.0 Å². The highest BCUT2D eigenvalue weighted by Crippen LogP contribution is 2.36. The first-order valence-corrected chi connectivity index (χ1v) is 11.6. The number of fused-ring (bicyclic) bond motifs is 1. The number of nitrogens with one attached hydrogen (secondary N) is 1. The Balaban J connectivity index is 1.52. The lowest BCUT2D eigenvalue weighted by Crippen LogP contribution is -2.27. The fraction of sp³-hybridized carbons (Fsp3) is 0.185. The summed E-state index contributed by atoms with van der Waals surface area (Å²) in [5.41, 5.74) is -1.82. The summed E-state index contributed by atoms with van der Waals surface area (Å²) in [5, 5.41) is 4.63. The van der Waals surface area contributed by atoms with Crippen molar-refractivity contribution in [3.8, 4) is 11.5 Å². The van der Waals surface area contributed by atoms with Crippen LogP contribution < -0.4 is 15.0 Å². The number of ether oxygens (including phenoxy) is 1. The van der Waals surface area contributed by atoms with Crippen LogP contribution in [-0.4, -0.2) is 25.0 Å². The van der Waals surface area contributed by atoms with Crippen LogP contribution in [0.1, 0.15) is 34.6 Å². The highest BCUT2D eigenvalue weighted by Gasteiger charge is 2.24. The van der Waals surface area contributed by atoms with Gasteiger partial charge in [-0.3, -0.25) is 4.79 Å². The molecule has 0 aliphatic carbocycles. The van der Waals surface area contributed by atoms with Gasteiger partial charge in [0, 0.05) is 30.6 Å². The van der Waals surface area contributed by atoms with Crippen LogP contribution in [-0.2, 0) is 5.66 Å². The lowest BCUT2D eigenvalue weighted by molar-refractivity contribution is 0.0938. The molecular formula is C27H26F2N3O2P. The number of carbonyl (C=O) groups excluding carboxylic acids is 1. The maximum atomic E-state index is 13.4. The fourth-order valence-electron chi connectivity index (χ4n) is 3.64. The van der Waals surface area contributed by atoms with E-state index >= 15 is 0 Å². The van der Waals surface area contributed by atoms with E-state index in [2.05, 4.69) is 10.3 Å². The van der Waals surface area contributed by atoms with Crippen molar-refractivity contribution in [3.05, 3.63) is 95.7 Å². The second-order valence-electron chi connectivity index (χ2n) is 8.45. The van der Waals surface area contributed by atoms with Crippen LogP contribution in [0.15, 0.2) is 78.9 Å². The van der Waals surface area contributed by atoms with Crippen LogP contribution in [0.4, 0.5) is 14.6 Å². The van der Waals surface area contributed by atoms with Gasteiger partial charge in [0.15, 0.2) is 0 Å². The molecule has 1 aromatic heterocycles. The lowest BCUT2D eigenvalue weighted by Gasteiger charge is -2.17. The lowest BCUT2D eigenvalue weighted by atomic mass is 10.1. The molecule has 0 fully saturated rings.